The molecule has 6 heteroatoms. The van der Waals surface area contributed by atoms with Crippen LogP contribution in [0, 0.1) is 0 Å². The predicted molar refractivity (Wildman–Crippen MR) is 76.4 cm³/mol. The van der Waals surface area contributed by atoms with Crippen LogP contribution in [-0.4, -0.2) is 13.2 Å². The number of hydrogen-bond acceptors (Lipinski definition) is 2. The van der Waals surface area contributed by atoms with Gasteiger partial charge in [0.1, 0.15) is 12.4 Å². The van der Waals surface area contributed by atoms with E-state index in [-0.39, 0.29) is 18.9 Å². The number of benzene rings is 2. The van der Waals surface area contributed by atoms with Gasteiger partial charge < -0.3 is 10.5 Å². The second-order valence-electron chi connectivity index (χ2n) is 4.33. The second-order valence-corrected chi connectivity index (χ2v) is 4.73. The van der Waals surface area contributed by atoms with E-state index in [2.05, 4.69) is 0 Å². The first-order valence-corrected chi connectivity index (χ1v) is 6.60. The Morgan fingerprint density at radius 3 is 2.43 bits per heavy atom. The summed E-state index contributed by atoms with van der Waals surface area (Å²) >= 11 is 6.02. The van der Waals surface area contributed by atoms with Crippen LogP contribution in [0.4, 0.5) is 13.2 Å². The van der Waals surface area contributed by atoms with Gasteiger partial charge in [0.25, 0.3) is 0 Å². The standard InChI is InChI=1S/C15H13ClF3NO/c16-13-4-2-1-3-11(13)10-5-6-14(21-8-7-20)12(9-10)15(17,18)19/h1-6,9H,7-8,20H2. The van der Waals surface area contributed by atoms with Crippen molar-refractivity contribution in [3.05, 3.63) is 53.1 Å². The van der Waals surface area contributed by atoms with Crippen LogP contribution < -0.4 is 10.5 Å². The third-order valence-corrected chi connectivity index (χ3v) is 3.17. The Morgan fingerprint density at radius 2 is 1.81 bits per heavy atom. The highest BCUT2D eigenvalue weighted by Gasteiger charge is 2.34. The van der Waals surface area contributed by atoms with E-state index in [9.17, 15) is 13.2 Å². The van der Waals surface area contributed by atoms with E-state index >= 15 is 0 Å². The Kier molecular flexibility index (Phi) is 4.75. The lowest BCUT2D eigenvalue weighted by Gasteiger charge is -2.15. The van der Waals surface area contributed by atoms with Crippen molar-refractivity contribution in [1.82, 2.24) is 0 Å². The molecule has 0 aromatic heterocycles. The molecule has 112 valence electrons. The molecule has 0 saturated carbocycles. The molecule has 2 rings (SSSR count). The second kappa shape index (κ2) is 6.37. The highest BCUT2D eigenvalue weighted by atomic mass is 35.5. The molecule has 0 atom stereocenters. The lowest BCUT2D eigenvalue weighted by molar-refractivity contribution is -0.138. The van der Waals surface area contributed by atoms with E-state index < -0.39 is 11.7 Å². The molecular weight excluding hydrogens is 303 g/mol. The first-order chi connectivity index (χ1) is 9.93. The lowest BCUT2D eigenvalue weighted by atomic mass is 10.0. The fourth-order valence-electron chi connectivity index (χ4n) is 1.91. The van der Waals surface area contributed by atoms with Gasteiger partial charge in [-0.3, -0.25) is 0 Å². The summed E-state index contributed by atoms with van der Waals surface area (Å²) < 4.78 is 44.4. The number of rotatable bonds is 4. The van der Waals surface area contributed by atoms with Gasteiger partial charge in [-0.2, -0.15) is 13.2 Å². The summed E-state index contributed by atoms with van der Waals surface area (Å²) in [6.07, 6.45) is -4.51. The molecule has 2 nitrogen and oxygen atoms in total. The van der Waals surface area contributed by atoms with Crippen molar-refractivity contribution < 1.29 is 17.9 Å². The molecule has 0 aliphatic carbocycles. The zero-order valence-corrected chi connectivity index (χ0v) is 11.7. The highest BCUT2D eigenvalue weighted by Crippen LogP contribution is 2.39. The van der Waals surface area contributed by atoms with Gasteiger partial charge in [0.05, 0.1) is 5.56 Å². The van der Waals surface area contributed by atoms with Crippen LogP contribution in [0.3, 0.4) is 0 Å². The van der Waals surface area contributed by atoms with Crippen molar-refractivity contribution in [1.29, 1.82) is 0 Å². The van der Waals surface area contributed by atoms with E-state index in [1.165, 1.54) is 6.07 Å². The molecule has 0 bridgehead atoms. The van der Waals surface area contributed by atoms with E-state index in [1.807, 2.05) is 0 Å². The largest absolute Gasteiger partial charge is 0.492 e. The van der Waals surface area contributed by atoms with Crippen LogP contribution in [-0.2, 0) is 6.18 Å². The Morgan fingerprint density at radius 1 is 1.10 bits per heavy atom. The summed E-state index contributed by atoms with van der Waals surface area (Å²) in [5.41, 5.74) is 5.33. The molecule has 0 aliphatic rings. The van der Waals surface area contributed by atoms with Crippen molar-refractivity contribution in [3.63, 3.8) is 0 Å². The molecule has 2 aromatic rings. The summed E-state index contributed by atoms with van der Waals surface area (Å²) in [6.45, 7) is 0.165. The zero-order chi connectivity index (χ0) is 15.5. The van der Waals surface area contributed by atoms with Gasteiger partial charge in [0.15, 0.2) is 0 Å². The average Bonchev–Trinajstić information content (AvgIpc) is 2.44. The summed E-state index contributed by atoms with van der Waals surface area (Å²) in [7, 11) is 0. The fraction of sp³-hybridized carbons (Fsp3) is 0.200. The maximum absolute atomic E-state index is 13.1. The number of hydrogen-bond donors (Lipinski definition) is 1. The van der Waals surface area contributed by atoms with Crippen molar-refractivity contribution in [3.8, 4) is 16.9 Å². The van der Waals surface area contributed by atoms with Crippen LogP contribution in [0.15, 0.2) is 42.5 Å². The van der Waals surface area contributed by atoms with Crippen LogP contribution >= 0.6 is 11.6 Å². The third-order valence-electron chi connectivity index (χ3n) is 2.85. The monoisotopic (exact) mass is 315 g/mol. The summed E-state index contributed by atoms with van der Waals surface area (Å²) in [5, 5.41) is 0.390. The molecule has 0 heterocycles. The first-order valence-electron chi connectivity index (χ1n) is 6.22. The molecular formula is C15H13ClF3NO. The number of ether oxygens (including phenoxy) is 1. The Hall–Kier alpha value is -1.72. The van der Waals surface area contributed by atoms with Crippen molar-refractivity contribution in [2.75, 3.05) is 13.2 Å². The molecule has 2 N–H and O–H groups in total. The lowest BCUT2D eigenvalue weighted by Crippen LogP contribution is -2.14. The third kappa shape index (κ3) is 3.68. The number of alkyl halides is 3. The van der Waals surface area contributed by atoms with Crippen LogP contribution in [0.1, 0.15) is 5.56 Å². The SMILES string of the molecule is NCCOc1ccc(-c2ccccc2Cl)cc1C(F)(F)F. The topological polar surface area (TPSA) is 35.2 Å². The maximum atomic E-state index is 13.1. The van der Waals surface area contributed by atoms with Gasteiger partial charge in [-0.1, -0.05) is 35.9 Å². The minimum Gasteiger partial charge on any atom is -0.492 e. The van der Waals surface area contributed by atoms with Crippen molar-refractivity contribution in [2.45, 2.75) is 6.18 Å². The molecule has 0 fully saturated rings. The Balaban J connectivity index is 2.49. The minimum atomic E-state index is -4.51. The average molecular weight is 316 g/mol. The molecule has 0 saturated heterocycles. The molecule has 0 unspecified atom stereocenters. The first kappa shape index (κ1) is 15.7. The van der Waals surface area contributed by atoms with Gasteiger partial charge in [0.2, 0.25) is 0 Å². The summed E-state index contributed by atoms with van der Waals surface area (Å²) in [6, 6.07) is 10.6. The highest BCUT2D eigenvalue weighted by molar-refractivity contribution is 6.33. The van der Waals surface area contributed by atoms with Crippen LogP contribution in [0.5, 0.6) is 5.75 Å². The maximum Gasteiger partial charge on any atom is 0.419 e. The number of nitrogens with two attached hydrogens (primary N) is 1. The molecule has 0 aliphatic heterocycles. The molecule has 0 radical (unpaired) electrons. The quantitative estimate of drug-likeness (QED) is 0.909. The van der Waals surface area contributed by atoms with E-state index in [4.69, 9.17) is 22.1 Å². The van der Waals surface area contributed by atoms with Gasteiger partial charge in [-0.25, -0.2) is 0 Å². The predicted octanol–water partition coefficient (Wildman–Crippen LogP) is 4.36. The van der Waals surface area contributed by atoms with Gasteiger partial charge >= 0.3 is 6.18 Å². The van der Waals surface area contributed by atoms with Crippen LogP contribution in [0.2, 0.25) is 5.02 Å². The Bertz CT molecular complexity index is 629. The normalized spacial score (nSPS) is 11.5. The fourth-order valence-corrected chi connectivity index (χ4v) is 2.15. The minimum absolute atomic E-state index is 0.0223. The van der Waals surface area contributed by atoms with Gasteiger partial charge in [-0.05, 0) is 23.8 Å². The number of halogens is 4. The summed E-state index contributed by atoms with van der Waals surface area (Å²) in [5.74, 6) is -0.233. The van der Waals surface area contributed by atoms with Crippen LogP contribution in [0.25, 0.3) is 11.1 Å². The Labute approximate surface area is 125 Å². The van der Waals surface area contributed by atoms with E-state index in [1.54, 1.807) is 30.3 Å². The molecule has 2 aromatic carbocycles. The molecule has 0 spiro atoms. The molecule has 21 heavy (non-hydrogen) atoms. The van der Waals surface area contributed by atoms with Gasteiger partial charge in [-0.15, -0.1) is 0 Å². The smallest absolute Gasteiger partial charge is 0.419 e. The summed E-state index contributed by atoms with van der Waals surface area (Å²) in [4.78, 5) is 0. The molecule has 0 amide bonds. The van der Waals surface area contributed by atoms with Crippen molar-refractivity contribution >= 4 is 11.6 Å². The van der Waals surface area contributed by atoms with Crippen molar-refractivity contribution in [2.24, 2.45) is 5.73 Å². The van der Waals surface area contributed by atoms with Gasteiger partial charge in [0, 0.05) is 17.1 Å². The van der Waals surface area contributed by atoms with E-state index in [0.717, 1.165) is 6.07 Å². The zero-order valence-electron chi connectivity index (χ0n) is 11.0. The van der Waals surface area contributed by atoms with E-state index in [0.29, 0.717) is 16.1 Å².